The van der Waals surface area contributed by atoms with Gasteiger partial charge in [0.1, 0.15) is 0 Å². The van der Waals surface area contributed by atoms with Gasteiger partial charge in [-0.2, -0.15) is 0 Å². The number of piperidine rings is 1. The quantitative estimate of drug-likeness (QED) is 0.778. The van der Waals surface area contributed by atoms with E-state index >= 15 is 0 Å². The average Bonchev–Trinajstić information content (AvgIpc) is 2.68. The van der Waals surface area contributed by atoms with Gasteiger partial charge in [0.25, 0.3) is 0 Å². The first-order chi connectivity index (χ1) is 12.7. The van der Waals surface area contributed by atoms with Gasteiger partial charge in [0.05, 0.1) is 20.3 Å². The first kappa shape index (κ1) is 19.1. The predicted molar refractivity (Wildman–Crippen MR) is 97.6 cm³/mol. The fourth-order valence-electron chi connectivity index (χ4n) is 3.89. The minimum Gasteiger partial charge on any atom is -0.494 e. The molecule has 1 aromatic carbocycles. The molecule has 0 aliphatic carbocycles. The average molecular weight is 364 g/mol. The van der Waals surface area contributed by atoms with E-state index in [-0.39, 0.29) is 11.7 Å². The summed E-state index contributed by atoms with van der Waals surface area (Å²) in [5, 5.41) is 0. The van der Waals surface area contributed by atoms with Crippen molar-refractivity contribution in [2.45, 2.75) is 32.2 Å². The van der Waals surface area contributed by atoms with E-state index < -0.39 is 0 Å². The van der Waals surface area contributed by atoms with Crippen LogP contribution in [0.1, 0.15) is 31.2 Å². The number of hydrogen-bond acceptors (Lipinski definition) is 4. The Balaban J connectivity index is 1.47. The molecule has 2 saturated heterocycles. The van der Waals surface area contributed by atoms with Crippen molar-refractivity contribution in [1.29, 1.82) is 0 Å². The summed E-state index contributed by atoms with van der Waals surface area (Å²) in [6.07, 6.45) is 3.90. The van der Waals surface area contributed by atoms with Crippen molar-refractivity contribution >= 4 is 5.91 Å². The number of methoxy groups -OCH3 is 1. The molecule has 2 aliphatic rings. The maximum Gasteiger partial charge on any atom is 0.222 e. The second-order valence-corrected chi connectivity index (χ2v) is 7.24. The second-order valence-electron chi connectivity index (χ2n) is 7.24. The van der Waals surface area contributed by atoms with Crippen LogP contribution in [0.5, 0.6) is 5.75 Å². The Morgan fingerprint density at radius 2 is 2.12 bits per heavy atom. The van der Waals surface area contributed by atoms with Crippen molar-refractivity contribution in [3.8, 4) is 5.75 Å². The summed E-state index contributed by atoms with van der Waals surface area (Å²) >= 11 is 0. The Morgan fingerprint density at radius 3 is 2.88 bits per heavy atom. The number of nitrogens with zero attached hydrogens (tertiary/aromatic N) is 2. The Bertz CT molecular complexity index is 605. The number of benzene rings is 1. The molecule has 0 aromatic heterocycles. The van der Waals surface area contributed by atoms with Gasteiger partial charge in [-0.05, 0) is 49.4 Å². The molecule has 26 heavy (non-hydrogen) atoms. The molecule has 2 aliphatic heterocycles. The molecule has 0 radical (unpaired) electrons. The highest BCUT2D eigenvalue weighted by Gasteiger charge is 2.23. The molecule has 2 heterocycles. The Labute approximate surface area is 155 Å². The van der Waals surface area contributed by atoms with Crippen LogP contribution in [-0.2, 0) is 16.1 Å². The van der Waals surface area contributed by atoms with Crippen molar-refractivity contribution in [2.75, 3.05) is 46.5 Å². The SMILES string of the molecule is COc1cc(CN2CCC[C@H](CCC(=O)N3CCOCC3)C2)ccc1F. The molecule has 3 rings (SSSR count). The highest BCUT2D eigenvalue weighted by molar-refractivity contribution is 5.76. The summed E-state index contributed by atoms with van der Waals surface area (Å²) in [4.78, 5) is 16.7. The van der Waals surface area contributed by atoms with Gasteiger partial charge in [-0.25, -0.2) is 4.39 Å². The maximum atomic E-state index is 13.6. The number of morpholine rings is 1. The van der Waals surface area contributed by atoms with E-state index in [1.54, 1.807) is 6.07 Å². The van der Waals surface area contributed by atoms with Gasteiger partial charge >= 0.3 is 0 Å². The first-order valence-corrected chi connectivity index (χ1v) is 9.56. The minimum absolute atomic E-state index is 0.258. The number of carbonyl (C=O) groups is 1. The number of ether oxygens (including phenoxy) is 2. The molecule has 5 nitrogen and oxygen atoms in total. The van der Waals surface area contributed by atoms with Gasteiger partial charge in [-0.3, -0.25) is 9.69 Å². The van der Waals surface area contributed by atoms with Gasteiger partial charge in [-0.1, -0.05) is 6.07 Å². The molecular formula is C20H29FN2O3. The van der Waals surface area contributed by atoms with Gasteiger partial charge in [0, 0.05) is 32.6 Å². The monoisotopic (exact) mass is 364 g/mol. The Hall–Kier alpha value is -1.66. The number of likely N-dealkylation sites (tertiary alicyclic amines) is 1. The number of carbonyl (C=O) groups excluding carboxylic acids is 1. The molecule has 0 bridgehead atoms. The third-order valence-corrected chi connectivity index (χ3v) is 5.36. The lowest BCUT2D eigenvalue weighted by Gasteiger charge is -2.33. The highest BCUT2D eigenvalue weighted by atomic mass is 19.1. The summed E-state index contributed by atoms with van der Waals surface area (Å²) in [5.41, 5.74) is 1.06. The van der Waals surface area contributed by atoms with Crippen LogP contribution < -0.4 is 4.74 Å². The van der Waals surface area contributed by atoms with Crippen LogP contribution in [0, 0.1) is 11.7 Å². The number of halogens is 1. The summed E-state index contributed by atoms with van der Waals surface area (Å²) in [6, 6.07) is 5.07. The Morgan fingerprint density at radius 1 is 1.31 bits per heavy atom. The van der Waals surface area contributed by atoms with Crippen molar-refractivity contribution in [3.63, 3.8) is 0 Å². The lowest BCUT2D eigenvalue weighted by Crippen LogP contribution is -2.41. The van der Waals surface area contributed by atoms with Crippen molar-refractivity contribution in [2.24, 2.45) is 5.92 Å². The first-order valence-electron chi connectivity index (χ1n) is 9.56. The van der Waals surface area contributed by atoms with Crippen LogP contribution in [0.2, 0.25) is 0 Å². The van der Waals surface area contributed by atoms with Crippen molar-refractivity contribution in [1.82, 2.24) is 9.80 Å². The molecule has 0 saturated carbocycles. The van der Waals surface area contributed by atoms with Crippen LogP contribution in [0.15, 0.2) is 18.2 Å². The van der Waals surface area contributed by atoms with Crippen LogP contribution >= 0.6 is 0 Å². The number of amides is 1. The van der Waals surface area contributed by atoms with Crippen molar-refractivity contribution < 1.29 is 18.7 Å². The van der Waals surface area contributed by atoms with E-state index in [0.29, 0.717) is 31.3 Å². The molecule has 1 atom stereocenters. The van der Waals surface area contributed by atoms with Gasteiger partial charge in [-0.15, -0.1) is 0 Å². The third kappa shape index (κ3) is 5.17. The molecular weight excluding hydrogens is 335 g/mol. The molecule has 0 unspecified atom stereocenters. The molecule has 6 heteroatoms. The smallest absolute Gasteiger partial charge is 0.222 e. The van der Waals surface area contributed by atoms with E-state index in [1.165, 1.54) is 19.6 Å². The summed E-state index contributed by atoms with van der Waals surface area (Å²) in [7, 11) is 1.49. The Kier molecular flexibility index (Phi) is 6.86. The molecule has 0 spiro atoms. The lowest BCUT2D eigenvalue weighted by molar-refractivity contribution is -0.135. The highest BCUT2D eigenvalue weighted by Crippen LogP contribution is 2.25. The third-order valence-electron chi connectivity index (χ3n) is 5.36. The second kappa shape index (κ2) is 9.33. The van der Waals surface area contributed by atoms with E-state index in [4.69, 9.17) is 9.47 Å². The van der Waals surface area contributed by atoms with E-state index in [2.05, 4.69) is 4.90 Å². The minimum atomic E-state index is -0.325. The van der Waals surface area contributed by atoms with Crippen LogP contribution in [0.4, 0.5) is 4.39 Å². The van der Waals surface area contributed by atoms with Crippen LogP contribution in [-0.4, -0.2) is 62.2 Å². The van der Waals surface area contributed by atoms with Gasteiger partial charge < -0.3 is 14.4 Å². The predicted octanol–water partition coefficient (Wildman–Crippen LogP) is 2.69. The fraction of sp³-hybridized carbons (Fsp3) is 0.650. The standard InChI is InChI=1S/C20H29FN2O3/c1-25-19-13-17(4-6-18(19)21)15-22-8-2-3-16(14-22)5-7-20(24)23-9-11-26-12-10-23/h4,6,13,16H,2-3,5,7-12,14-15H2,1H3/t16-/m1/s1. The molecule has 144 valence electrons. The summed E-state index contributed by atoms with van der Waals surface area (Å²) in [5.74, 6) is 0.784. The number of rotatable bonds is 6. The van der Waals surface area contributed by atoms with Gasteiger partial charge in [0.2, 0.25) is 5.91 Å². The van der Waals surface area contributed by atoms with E-state index in [1.807, 2.05) is 11.0 Å². The normalized spacial score (nSPS) is 21.6. The van der Waals surface area contributed by atoms with Crippen LogP contribution in [0.25, 0.3) is 0 Å². The van der Waals surface area contributed by atoms with Gasteiger partial charge in [0.15, 0.2) is 11.6 Å². The van der Waals surface area contributed by atoms with Crippen molar-refractivity contribution in [3.05, 3.63) is 29.6 Å². The molecule has 2 fully saturated rings. The van der Waals surface area contributed by atoms with E-state index in [0.717, 1.165) is 51.1 Å². The zero-order valence-electron chi connectivity index (χ0n) is 15.6. The lowest BCUT2D eigenvalue weighted by atomic mass is 9.92. The van der Waals surface area contributed by atoms with E-state index in [9.17, 15) is 9.18 Å². The molecule has 0 N–H and O–H groups in total. The molecule has 1 aromatic rings. The van der Waals surface area contributed by atoms with Crippen LogP contribution in [0.3, 0.4) is 0 Å². The summed E-state index contributed by atoms with van der Waals surface area (Å²) in [6.45, 7) is 5.60. The molecule has 1 amide bonds. The largest absolute Gasteiger partial charge is 0.494 e. The number of hydrogen-bond donors (Lipinski definition) is 0. The topological polar surface area (TPSA) is 42.0 Å². The maximum absolute atomic E-state index is 13.6. The zero-order chi connectivity index (χ0) is 18.4. The summed E-state index contributed by atoms with van der Waals surface area (Å²) < 4.78 is 23.9. The fourth-order valence-corrected chi connectivity index (χ4v) is 3.89. The zero-order valence-corrected chi connectivity index (χ0v) is 15.6.